The van der Waals surface area contributed by atoms with Crippen molar-refractivity contribution in [2.45, 2.75) is 11.6 Å². The van der Waals surface area contributed by atoms with Crippen molar-refractivity contribution in [2.75, 3.05) is 11.1 Å². The van der Waals surface area contributed by atoms with Crippen molar-refractivity contribution >= 4 is 57.3 Å². The Morgan fingerprint density at radius 3 is 2.57 bits per heavy atom. The van der Waals surface area contributed by atoms with E-state index >= 15 is 0 Å². The number of anilines is 1. The molecule has 0 aliphatic heterocycles. The van der Waals surface area contributed by atoms with Gasteiger partial charge in [-0.15, -0.1) is 21.5 Å². The number of carbonyl (C=O) groups is 1. The highest BCUT2D eigenvalue weighted by atomic mass is 35.5. The van der Waals surface area contributed by atoms with Gasteiger partial charge in [0, 0.05) is 38.8 Å². The lowest BCUT2D eigenvalue weighted by atomic mass is 10.1. The lowest BCUT2D eigenvalue weighted by Gasteiger charge is -2.10. The SMILES string of the molecule is O=C(CSc1nnc(-c2ccccc2)n1-c1ccc(F)cc1)Nc1ncc(Cc2ccc(Cl)cc2Cl)s1. The number of halogens is 3. The van der Waals surface area contributed by atoms with Crippen LogP contribution in [0.25, 0.3) is 17.1 Å². The van der Waals surface area contributed by atoms with Crippen LogP contribution >= 0.6 is 46.3 Å². The van der Waals surface area contributed by atoms with Gasteiger partial charge in [-0.25, -0.2) is 9.37 Å². The fourth-order valence-corrected chi connectivity index (χ4v) is 5.62. The third-order valence-electron chi connectivity index (χ3n) is 5.26. The molecule has 1 N–H and O–H groups in total. The molecule has 0 atom stereocenters. The molecule has 0 saturated carbocycles. The molecule has 5 rings (SSSR count). The summed E-state index contributed by atoms with van der Waals surface area (Å²) in [5.41, 5.74) is 2.47. The van der Waals surface area contributed by atoms with E-state index in [1.807, 2.05) is 41.0 Å². The van der Waals surface area contributed by atoms with Crippen molar-refractivity contribution < 1.29 is 9.18 Å². The van der Waals surface area contributed by atoms with Gasteiger partial charge in [-0.3, -0.25) is 9.36 Å². The fraction of sp³-hybridized carbons (Fsp3) is 0.0769. The maximum atomic E-state index is 13.6. The molecule has 37 heavy (non-hydrogen) atoms. The van der Waals surface area contributed by atoms with E-state index in [0.717, 1.165) is 16.0 Å². The summed E-state index contributed by atoms with van der Waals surface area (Å²) in [5, 5.41) is 13.6. The van der Waals surface area contributed by atoms with E-state index in [0.29, 0.717) is 38.3 Å². The third-order valence-corrected chi connectivity index (χ3v) is 7.69. The summed E-state index contributed by atoms with van der Waals surface area (Å²) < 4.78 is 15.4. The number of nitrogens with one attached hydrogen (secondary N) is 1. The quantitative estimate of drug-likeness (QED) is 0.201. The van der Waals surface area contributed by atoms with Gasteiger partial charge < -0.3 is 5.32 Å². The maximum absolute atomic E-state index is 13.6. The second-order valence-electron chi connectivity index (χ2n) is 7.87. The summed E-state index contributed by atoms with van der Waals surface area (Å²) in [6.45, 7) is 0. The van der Waals surface area contributed by atoms with Gasteiger partial charge in [-0.1, -0.05) is 71.4 Å². The van der Waals surface area contributed by atoms with Crippen molar-refractivity contribution in [2.24, 2.45) is 0 Å². The van der Waals surface area contributed by atoms with Crippen LogP contribution in [0.5, 0.6) is 0 Å². The number of nitrogens with zero attached hydrogens (tertiary/aromatic N) is 4. The average molecular weight is 571 g/mol. The van der Waals surface area contributed by atoms with Crippen LogP contribution in [0.3, 0.4) is 0 Å². The molecule has 0 bridgehead atoms. The first-order valence-corrected chi connectivity index (χ1v) is 13.6. The van der Waals surface area contributed by atoms with Crippen LogP contribution in [0.2, 0.25) is 10.0 Å². The maximum Gasteiger partial charge on any atom is 0.236 e. The standard InChI is InChI=1S/C26H18Cl2FN5OS2/c27-18-7-6-17(22(28)13-18)12-21-14-30-25(37-21)31-23(35)15-36-26-33-32-24(16-4-2-1-3-5-16)34(26)20-10-8-19(29)9-11-20/h1-11,13-14H,12,15H2,(H,30,31,35). The van der Waals surface area contributed by atoms with E-state index in [9.17, 15) is 9.18 Å². The van der Waals surface area contributed by atoms with E-state index < -0.39 is 0 Å². The number of hydrogen-bond donors (Lipinski definition) is 1. The van der Waals surface area contributed by atoms with E-state index in [1.165, 1.54) is 35.2 Å². The fourth-order valence-electron chi connectivity index (χ4n) is 3.55. The number of benzene rings is 3. The summed E-state index contributed by atoms with van der Waals surface area (Å²) in [6, 6.07) is 21.0. The van der Waals surface area contributed by atoms with E-state index in [-0.39, 0.29) is 17.5 Å². The molecule has 0 saturated heterocycles. The number of aromatic nitrogens is 4. The Hall–Kier alpha value is -3.24. The predicted molar refractivity (Wildman–Crippen MR) is 147 cm³/mol. The molecule has 0 unspecified atom stereocenters. The first-order chi connectivity index (χ1) is 18.0. The summed E-state index contributed by atoms with van der Waals surface area (Å²) in [4.78, 5) is 18.0. The van der Waals surface area contributed by atoms with E-state index in [2.05, 4.69) is 20.5 Å². The Bertz CT molecular complexity index is 1540. The summed E-state index contributed by atoms with van der Waals surface area (Å²) in [5.74, 6) is 0.116. The molecule has 5 aromatic rings. The highest BCUT2D eigenvalue weighted by Gasteiger charge is 2.18. The van der Waals surface area contributed by atoms with Crippen LogP contribution in [0, 0.1) is 5.82 Å². The molecule has 2 heterocycles. The number of amides is 1. The Kier molecular flexibility index (Phi) is 7.85. The van der Waals surface area contributed by atoms with Gasteiger partial charge in [0.05, 0.1) is 5.75 Å². The van der Waals surface area contributed by atoms with Gasteiger partial charge in [0.15, 0.2) is 16.1 Å². The number of thiazole rings is 1. The van der Waals surface area contributed by atoms with Crippen molar-refractivity contribution in [3.05, 3.63) is 105 Å². The van der Waals surface area contributed by atoms with Crippen LogP contribution < -0.4 is 5.32 Å². The molecule has 0 spiro atoms. The molecule has 6 nitrogen and oxygen atoms in total. The van der Waals surface area contributed by atoms with Crippen LogP contribution in [0.4, 0.5) is 9.52 Å². The number of carbonyl (C=O) groups excluding carboxylic acids is 1. The Labute approximate surface area is 230 Å². The minimum absolute atomic E-state index is 0.0893. The van der Waals surface area contributed by atoms with Crippen LogP contribution in [0.1, 0.15) is 10.4 Å². The van der Waals surface area contributed by atoms with Gasteiger partial charge in [0.25, 0.3) is 0 Å². The molecular formula is C26H18Cl2FN5OS2. The average Bonchev–Trinajstić information content (AvgIpc) is 3.52. The van der Waals surface area contributed by atoms with Crippen molar-refractivity contribution in [1.29, 1.82) is 0 Å². The minimum atomic E-state index is -0.340. The number of thioether (sulfide) groups is 1. The van der Waals surface area contributed by atoms with Gasteiger partial charge in [-0.2, -0.15) is 0 Å². The molecular weight excluding hydrogens is 552 g/mol. The van der Waals surface area contributed by atoms with Gasteiger partial charge in [0.1, 0.15) is 5.82 Å². The van der Waals surface area contributed by atoms with E-state index in [1.54, 1.807) is 30.5 Å². The van der Waals surface area contributed by atoms with Crippen molar-refractivity contribution in [3.63, 3.8) is 0 Å². The van der Waals surface area contributed by atoms with E-state index in [4.69, 9.17) is 23.2 Å². The summed E-state index contributed by atoms with van der Waals surface area (Å²) >= 11 is 14.9. The zero-order valence-electron chi connectivity index (χ0n) is 19.1. The first kappa shape index (κ1) is 25.4. The van der Waals surface area contributed by atoms with Crippen molar-refractivity contribution in [3.8, 4) is 17.1 Å². The smallest absolute Gasteiger partial charge is 0.236 e. The molecule has 0 aliphatic rings. The largest absolute Gasteiger partial charge is 0.301 e. The predicted octanol–water partition coefficient (Wildman–Crippen LogP) is 7.16. The highest BCUT2D eigenvalue weighted by molar-refractivity contribution is 7.99. The molecule has 0 radical (unpaired) electrons. The van der Waals surface area contributed by atoms with Crippen LogP contribution in [-0.4, -0.2) is 31.4 Å². The molecule has 0 aliphatic carbocycles. The van der Waals surface area contributed by atoms with Crippen molar-refractivity contribution in [1.82, 2.24) is 19.7 Å². The zero-order chi connectivity index (χ0) is 25.8. The first-order valence-electron chi connectivity index (χ1n) is 11.0. The number of rotatable bonds is 8. The molecule has 3 aromatic carbocycles. The highest BCUT2D eigenvalue weighted by Crippen LogP contribution is 2.29. The topological polar surface area (TPSA) is 72.7 Å². The van der Waals surface area contributed by atoms with Gasteiger partial charge in [0.2, 0.25) is 5.91 Å². The second-order valence-corrected chi connectivity index (χ2v) is 10.8. The monoisotopic (exact) mass is 569 g/mol. The molecule has 0 fully saturated rings. The lowest BCUT2D eigenvalue weighted by molar-refractivity contribution is -0.113. The lowest BCUT2D eigenvalue weighted by Crippen LogP contribution is -2.14. The molecule has 11 heteroatoms. The Morgan fingerprint density at radius 2 is 1.81 bits per heavy atom. The third kappa shape index (κ3) is 6.19. The normalized spacial score (nSPS) is 11.0. The molecule has 1 amide bonds. The van der Waals surface area contributed by atoms with Gasteiger partial charge >= 0.3 is 0 Å². The summed E-state index contributed by atoms with van der Waals surface area (Å²) in [6.07, 6.45) is 2.30. The molecule has 2 aromatic heterocycles. The second kappa shape index (κ2) is 11.4. The Morgan fingerprint density at radius 1 is 1.03 bits per heavy atom. The van der Waals surface area contributed by atoms with Crippen LogP contribution in [-0.2, 0) is 11.2 Å². The van der Waals surface area contributed by atoms with Gasteiger partial charge in [-0.05, 0) is 42.0 Å². The van der Waals surface area contributed by atoms with Crippen LogP contribution in [0.15, 0.2) is 84.1 Å². The number of hydrogen-bond acceptors (Lipinski definition) is 6. The Balaban J connectivity index is 1.28. The summed E-state index contributed by atoms with van der Waals surface area (Å²) in [7, 11) is 0. The minimum Gasteiger partial charge on any atom is -0.301 e. The molecule has 186 valence electrons. The zero-order valence-corrected chi connectivity index (χ0v) is 22.2.